The Hall–Kier alpha value is -0.860. The van der Waals surface area contributed by atoms with Crippen LogP contribution in [0.5, 0.6) is 0 Å². The van der Waals surface area contributed by atoms with Gasteiger partial charge in [-0.3, -0.25) is 0 Å². The summed E-state index contributed by atoms with van der Waals surface area (Å²) in [7, 11) is -2.12. The van der Waals surface area contributed by atoms with Gasteiger partial charge in [0.15, 0.2) is 5.84 Å². The van der Waals surface area contributed by atoms with Gasteiger partial charge in [0, 0.05) is 13.1 Å². The second kappa shape index (κ2) is 5.19. The van der Waals surface area contributed by atoms with Gasteiger partial charge in [-0.2, -0.15) is 17.4 Å². The van der Waals surface area contributed by atoms with Crippen molar-refractivity contribution in [3.8, 4) is 0 Å². The highest BCUT2D eigenvalue weighted by molar-refractivity contribution is 7.87. The van der Waals surface area contributed by atoms with Crippen molar-refractivity contribution < 1.29 is 13.6 Å². The first kappa shape index (κ1) is 14.2. The average molecular weight is 264 g/mol. The number of rotatable bonds is 6. The van der Waals surface area contributed by atoms with Gasteiger partial charge < -0.3 is 10.9 Å². The molecule has 1 unspecified atom stereocenters. The Labute approximate surface area is 102 Å². The molecule has 0 bridgehead atoms. The zero-order valence-electron chi connectivity index (χ0n) is 10.3. The van der Waals surface area contributed by atoms with Crippen molar-refractivity contribution in [3.05, 3.63) is 0 Å². The van der Waals surface area contributed by atoms with Crippen molar-refractivity contribution in [1.82, 2.24) is 9.03 Å². The minimum Gasteiger partial charge on any atom is -0.409 e. The lowest BCUT2D eigenvalue weighted by Crippen LogP contribution is -2.51. The molecule has 8 heteroatoms. The summed E-state index contributed by atoms with van der Waals surface area (Å²) in [6.07, 6.45) is 1.77. The fourth-order valence-corrected chi connectivity index (χ4v) is 2.77. The van der Waals surface area contributed by atoms with E-state index in [0.29, 0.717) is 0 Å². The molecule has 0 aliphatic heterocycles. The van der Waals surface area contributed by atoms with Gasteiger partial charge >= 0.3 is 0 Å². The summed E-state index contributed by atoms with van der Waals surface area (Å²) in [5.41, 5.74) is 5.50. The molecule has 4 N–H and O–H groups in total. The maximum absolute atomic E-state index is 12.0. The Morgan fingerprint density at radius 3 is 2.41 bits per heavy atom. The summed E-state index contributed by atoms with van der Waals surface area (Å²) in [5, 5.41) is 11.5. The summed E-state index contributed by atoms with van der Waals surface area (Å²) >= 11 is 0. The van der Waals surface area contributed by atoms with Crippen LogP contribution in [-0.2, 0) is 10.2 Å². The number of oxime groups is 1. The van der Waals surface area contributed by atoms with Gasteiger partial charge in [-0.05, 0) is 32.6 Å². The normalized spacial score (nSPS) is 19.9. The predicted octanol–water partition coefficient (Wildman–Crippen LogP) is -0.314. The summed E-state index contributed by atoms with van der Waals surface area (Å²) in [6, 6.07) is -0.772. The smallest absolute Gasteiger partial charge is 0.280 e. The Balaban J connectivity index is 2.80. The standard InChI is InChI=1S/C9H20N4O3S/c1-6(2)13(3)17(15,16)12-8(7-4-5-7)9(10)11-14/h6-8,12,14H,4-5H2,1-3H3,(H2,10,11). The van der Waals surface area contributed by atoms with E-state index in [9.17, 15) is 8.42 Å². The van der Waals surface area contributed by atoms with Crippen LogP contribution in [0.1, 0.15) is 26.7 Å². The maximum Gasteiger partial charge on any atom is 0.280 e. The van der Waals surface area contributed by atoms with Crippen LogP contribution in [0.25, 0.3) is 0 Å². The van der Waals surface area contributed by atoms with E-state index in [0.717, 1.165) is 12.8 Å². The Bertz CT molecular complexity index is 389. The third kappa shape index (κ3) is 3.55. The van der Waals surface area contributed by atoms with Crippen molar-refractivity contribution in [2.24, 2.45) is 16.8 Å². The molecule has 0 saturated heterocycles. The van der Waals surface area contributed by atoms with Crippen LogP contribution in [0.3, 0.4) is 0 Å². The van der Waals surface area contributed by atoms with Crippen molar-refractivity contribution >= 4 is 16.0 Å². The van der Waals surface area contributed by atoms with E-state index in [1.54, 1.807) is 13.8 Å². The van der Waals surface area contributed by atoms with Crippen LogP contribution in [0.15, 0.2) is 5.16 Å². The molecule has 1 saturated carbocycles. The van der Waals surface area contributed by atoms with Gasteiger partial charge in [0.2, 0.25) is 0 Å². The summed E-state index contributed by atoms with van der Waals surface area (Å²) < 4.78 is 27.6. The molecule has 0 heterocycles. The van der Waals surface area contributed by atoms with Crippen molar-refractivity contribution in [2.75, 3.05) is 7.05 Å². The fourth-order valence-electron chi connectivity index (χ4n) is 1.41. The highest BCUT2D eigenvalue weighted by Crippen LogP contribution is 2.33. The number of nitrogens with one attached hydrogen (secondary N) is 1. The van der Waals surface area contributed by atoms with Crippen LogP contribution in [0, 0.1) is 5.92 Å². The molecular weight excluding hydrogens is 244 g/mol. The molecule has 0 aromatic heterocycles. The molecule has 1 aliphatic carbocycles. The van der Waals surface area contributed by atoms with E-state index in [1.165, 1.54) is 11.4 Å². The lowest BCUT2D eigenvalue weighted by molar-refractivity contribution is 0.314. The van der Waals surface area contributed by atoms with Gasteiger partial charge in [0.1, 0.15) is 0 Å². The number of nitrogens with zero attached hydrogens (tertiary/aromatic N) is 2. The topological polar surface area (TPSA) is 108 Å². The third-order valence-electron chi connectivity index (χ3n) is 2.91. The molecule has 1 rings (SSSR count). The molecule has 0 radical (unpaired) electrons. The van der Waals surface area contributed by atoms with Gasteiger partial charge in [0.05, 0.1) is 6.04 Å². The van der Waals surface area contributed by atoms with Crippen LogP contribution in [0.2, 0.25) is 0 Å². The minimum absolute atomic E-state index is 0.0896. The first-order valence-corrected chi connectivity index (χ1v) is 6.96. The molecule has 0 aromatic rings. The molecule has 0 spiro atoms. The maximum atomic E-state index is 12.0. The summed E-state index contributed by atoms with van der Waals surface area (Å²) in [6.45, 7) is 3.55. The number of amidine groups is 1. The van der Waals surface area contributed by atoms with Crippen molar-refractivity contribution in [1.29, 1.82) is 0 Å². The van der Waals surface area contributed by atoms with E-state index in [4.69, 9.17) is 10.9 Å². The third-order valence-corrected chi connectivity index (χ3v) is 4.64. The van der Waals surface area contributed by atoms with E-state index in [1.807, 2.05) is 0 Å². The Kier molecular flexibility index (Phi) is 4.34. The largest absolute Gasteiger partial charge is 0.409 e. The number of nitrogens with two attached hydrogens (primary N) is 1. The van der Waals surface area contributed by atoms with Crippen LogP contribution >= 0.6 is 0 Å². The highest BCUT2D eigenvalue weighted by atomic mass is 32.2. The number of hydrogen-bond acceptors (Lipinski definition) is 4. The quantitative estimate of drug-likeness (QED) is 0.264. The Morgan fingerprint density at radius 2 is 2.06 bits per heavy atom. The molecule has 0 amide bonds. The molecule has 100 valence electrons. The van der Waals surface area contributed by atoms with Crippen molar-refractivity contribution in [3.63, 3.8) is 0 Å². The molecule has 1 aliphatic rings. The monoisotopic (exact) mass is 264 g/mol. The van der Waals surface area contributed by atoms with Crippen molar-refractivity contribution in [2.45, 2.75) is 38.8 Å². The first-order chi connectivity index (χ1) is 7.79. The SMILES string of the molecule is CC(C)N(C)S(=O)(=O)NC(C(N)=NO)C1CC1. The first-order valence-electron chi connectivity index (χ1n) is 5.52. The van der Waals surface area contributed by atoms with Gasteiger partial charge in [0.25, 0.3) is 10.2 Å². The zero-order valence-corrected chi connectivity index (χ0v) is 11.1. The second-order valence-electron chi connectivity index (χ2n) is 4.57. The molecular formula is C9H20N4O3S. The van der Waals surface area contributed by atoms with Crippen LogP contribution in [-0.4, -0.2) is 42.9 Å². The van der Waals surface area contributed by atoms with Gasteiger partial charge in [-0.25, -0.2) is 0 Å². The predicted molar refractivity (Wildman–Crippen MR) is 64.9 cm³/mol. The molecule has 17 heavy (non-hydrogen) atoms. The second-order valence-corrected chi connectivity index (χ2v) is 6.33. The van der Waals surface area contributed by atoms with E-state index < -0.39 is 16.3 Å². The van der Waals surface area contributed by atoms with Crippen LogP contribution in [0.4, 0.5) is 0 Å². The molecule has 7 nitrogen and oxygen atoms in total. The average Bonchev–Trinajstić information content (AvgIpc) is 3.07. The van der Waals surface area contributed by atoms with E-state index in [-0.39, 0.29) is 17.8 Å². The lowest BCUT2D eigenvalue weighted by Gasteiger charge is -2.24. The fraction of sp³-hybridized carbons (Fsp3) is 0.889. The molecule has 0 aromatic carbocycles. The zero-order chi connectivity index (χ0) is 13.2. The molecule has 1 atom stereocenters. The van der Waals surface area contributed by atoms with E-state index in [2.05, 4.69) is 9.88 Å². The Morgan fingerprint density at radius 1 is 1.53 bits per heavy atom. The number of hydrogen-bond donors (Lipinski definition) is 3. The highest BCUT2D eigenvalue weighted by Gasteiger charge is 2.38. The minimum atomic E-state index is -3.61. The molecule has 1 fully saturated rings. The van der Waals surface area contributed by atoms with E-state index >= 15 is 0 Å². The lowest BCUT2D eigenvalue weighted by atomic mass is 10.2. The van der Waals surface area contributed by atoms with Gasteiger partial charge in [-0.15, -0.1) is 0 Å². The van der Waals surface area contributed by atoms with Crippen LogP contribution < -0.4 is 10.5 Å². The van der Waals surface area contributed by atoms with Gasteiger partial charge in [-0.1, -0.05) is 5.16 Å². The summed E-state index contributed by atoms with van der Waals surface area (Å²) in [4.78, 5) is 0. The summed E-state index contributed by atoms with van der Waals surface area (Å²) in [5.74, 6) is 0.0365.